The molecule has 0 bridgehead atoms. The predicted octanol–water partition coefficient (Wildman–Crippen LogP) is -0.303. The van der Waals surface area contributed by atoms with Crippen LogP contribution in [0.1, 0.15) is 5.56 Å². The van der Waals surface area contributed by atoms with E-state index in [4.69, 9.17) is 14.4 Å². The van der Waals surface area contributed by atoms with Gasteiger partial charge in [0.2, 0.25) is 0 Å². The van der Waals surface area contributed by atoms with Crippen molar-refractivity contribution in [2.75, 3.05) is 0 Å². The molecule has 1 aromatic rings. The maximum Gasteiger partial charge on any atom is 1.00 e. The molecule has 1 aromatic carbocycles. The van der Waals surface area contributed by atoms with Gasteiger partial charge in [-0.2, -0.15) is 31.4 Å². The molecule has 0 saturated carbocycles. The van der Waals surface area contributed by atoms with E-state index in [0.717, 1.165) is 12.1 Å². The van der Waals surface area contributed by atoms with Crippen molar-refractivity contribution in [3.8, 4) is 0 Å². The van der Waals surface area contributed by atoms with Gasteiger partial charge >= 0.3 is 32.9 Å². The van der Waals surface area contributed by atoms with Gasteiger partial charge < -0.3 is 0 Å². The van der Waals surface area contributed by atoms with Crippen molar-refractivity contribution in [3.63, 3.8) is 0 Å². The van der Waals surface area contributed by atoms with Crippen LogP contribution in [0.15, 0.2) is 18.2 Å². The third kappa shape index (κ3) is 10.5. The molecule has 0 radical (unpaired) electrons. The molecule has 0 aliphatic rings. The van der Waals surface area contributed by atoms with Crippen LogP contribution >= 0.6 is 7.91 Å². The molecule has 3 nitrogen and oxygen atoms in total. The van der Waals surface area contributed by atoms with E-state index in [1.54, 1.807) is 0 Å². The van der Waals surface area contributed by atoms with Gasteiger partial charge in [-0.3, -0.25) is 9.79 Å². The molecule has 0 aliphatic heterocycles. The van der Waals surface area contributed by atoms with Gasteiger partial charge in [0.05, 0.1) is 0 Å². The Morgan fingerprint density at radius 1 is 1.29 bits per heavy atom. The SMILES string of the molecule is Fc1cc[c-]cc1C(F)(F)F.O=P(O)(O)F.[Li+]. The van der Waals surface area contributed by atoms with Crippen LogP contribution in [-0.2, 0) is 10.7 Å². The molecule has 0 fully saturated rings. The Morgan fingerprint density at radius 2 is 1.71 bits per heavy atom. The summed E-state index contributed by atoms with van der Waals surface area (Å²) in [6.45, 7) is 0. The molecule has 0 saturated heterocycles. The molecule has 0 spiro atoms. The van der Waals surface area contributed by atoms with E-state index in [1.165, 1.54) is 0 Å². The van der Waals surface area contributed by atoms with Crippen molar-refractivity contribution in [1.29, 1.82) is 0 Å². The Hall–Kier alpha value is -0.383. The van der Waals surface area contributed by atoms with Gasteiger partial charge in [0.25, 0.3) is 0 Å². The Kier molecular flexibility index (Phi) is 7.97. The molecule has 0 aliphatic carbocycles. The summed E-state index contributed by atoms with van der Waals surface area (Å²) in [7, 11) is -5.14. The summed E-state index contributed by atoms with van der Waals surface area (Å²) in [4.78, 5) is 13.9. The number of rotatable bonds is 0. The number of alkyl halides is 3. The molecule has 92 valence electrons. The molecule has 0 unspecified atom stereocenters. The third-order valence-electron chi connectivity index (χ3n) is 1.12. The molecule has 0 atom stereocenters. The number of benzene rings is 1. The monoisotopic (exact) mass is 270 g/mol. The number of hydrogen-bond acceptors (Lipinski definition) is 1. The minimum Gasteiger partial charge on any atom is -0.299 e. The second kappa shape index (κ2) is 7.14. The largest absolute Gasteiger partial charge is 1.00 e. The molecule has 0 aromatic heterocycles. The first kappa shape index (κ1) is 19.0. The second-order valence-corrected chi connectivity index (χ2v) is 3.32. The first-order valence-electron chi connectivity index (χ1n) is 3.50. The quantitative estimate of drug-likeness (QED) is 0.294. The molecular weight excluding hydrogens is 265 g/mol. The van der Waals surface area contributed by atoms with Crippen LogP contribution in [0.3, 0.4) is 0 Å². The molecule has 1 rings (SSSR count). The fourth-order valence-corrected chi connectivity index (χ4v) is 0.629. The zero-order valence-electron chi connectivity index (χ0n) is 8.37. The molecule has 17 heavy (non-hydrogen) atoms. The van der Waals surface area contributed by atoms with Crippen molar-refractivity contribution in [2.24, 2.45) is 0 Å². The van der Waals surface area contributed by atoms with Crippen molar-refractivity contribution < 1.29 is 55.0 Å². The Balaban J connectivity index is 0. The van der Waals surface area contributed by atoms with Gasteiger partial charge in [-0.05, 0) is 5.56 Å². The summed E-state index contributed by atoms with van der Waals surface area (Å²) in [5.41, 5.74) is -1.28. The molecule has 2 N–H and O–H groups in total. The smallest absolute Gasteiger partial charge is 0.299 e. The number of halogens is 5. The van der Waals surface area contributed by atoms with E-state index in [9.17, 15) is 21.8 Å². The van der Waals surface area contributed by atoms with Crippen LogP contribution in [0, 0.1) is 11.9 Å². The van der Waals surface area contributed by atoms with E-state index in [1.807, 2.05) is 0 Å². The van der Waals surface area contributed by atoms with E-state index in [0.29, 0.717) is 6.07 Å². The standard InChI is InChI=1S/C7H3F4.FH2O3P.Li/c8-6-4-2-1-3-5(6)7(9,10)11;1-5(2,3)4;/h2-4H;(H2,2,3,4);/q-1;;+1. The first-order chi connectivity index (χ1) is 7.02. The van der Waals surface area contributed by atoms with Crippen LogP contribution in [0.25, 0.3) is 0 Å². The molecular formula is C7H5F5LiO3P. The molecule has 0 heterocycles. The van der Waals surface area contributed by atoms with E-state index >= 15 is 0 Å². The van der Waals surface area contributed by atoms with E-state index in [-0.39, 0.29) is 18.9 Å². The maximum atomic E-state index is 12.3. The minimum absolute atomic E-state index is 0. The molecule has 0 amide bonds. The Morgan fingerprint density at radius 3 is 1.94 bits per heavy atom. The van der Waals surface area contributed by atoms with Crippen LogP contribution in [0.5, 0.6) is 0 Å². The summed E-state index contributed by atoms with van der Waals surface area (Å²) in [6, 6.07) is 4.54. The van der Waals surface area contributed by atoms with Crippen LogP contribution in [-0.4, -0.2) is 9.79 Å². The summed E-state index contributed by atoms with van der Waals surface area (Å²) >= 11 is 0. The van der Waals surface area contributed by atoms with Gasteiger partial charge in [0, 0.05) is 5.82 Å². The fourth-order valence-electron chi connectivity index (χ4n) is 0.629. The van der Waals surface area contributed by atoms with Gasteiger partial charge in [0.15, 0.2) is 0 Å². The minimum atomic E-state index is -5.14. The topological polar surface area (TPSA) is 57.5 Å². The average Bonchev–Trinajstić information content (AvgIpc) is 1.99. The summed E-state index contributed by atoms with van der Waals surface area (Å²) in [5, 5.41) is 0. The Bertz CT molecular complexity index is 383. The fraction of sp³-hybridized carbons (Fsp3) is 0.143. The van der Waals surface area contributed by atoms with Crippen molar-refractivity contribution in [3.05, 3.63) is 35.6 Å². The van der Waals surface area contributed by atoms with E-state index in [2.05, 4.69) is 6.07 Å². The van der Waals surface area contributed by atoms with Crippen LogP contribution in [0.4, 0.5) is 21.8 Å². The predicted molar refractivity (Wildman–Crippen MR) is 43.4 cm³/mol. The molecule has 10 heteroatoms. The normalized spacial score (nSPS) is 11.0. The van der Waals surface area contributed by atoms with Crippen molar-refractivity contribution >= 4 is 7.91 Å². The van der Waals surface area contributed by atoms with Crippen molar-refractivity contribution in [1.82, 2.24) is 0 Å². The zero-order valence-corrected chi connectivity index (χ0v) is 9.27. The van der Waals surface area contributed by atoms with Crippen LogP contribution in [0.2, 0.25) is 0 Å². The van der Waals surface area contributed by atoms with Gasteiger partial charge in [-0.1, -0.05) is 0 Å². The second-order valence-electron chi connectivity index (χ2n) is 2.38. The first-order valence-corrected chi connectivity index (χ1v) is 5.00. The number of hydrogen-bond donors (Lipinski definition) is 2. The Labute approximate surface area is 105 Å². The summed E-state index contributed by atoms with van der Waals surface area (Å²) in [5.74, 6) is -1.27. The van der Waals surface area contributed by atoms with E-state index < -0.39 is 25.5 Å². The summed E-state index contributed by atoms with van der Waals surface area (Å²) in [6.07, 6.45) is -4.62. The third-order valence-corrected chi connectivity index (χ3v) is 1.12. The van der Waals surface area contributed by atoms with Gasteiger partial charge in [-0.15, -0.1) is 10.3 Å². The van der Waals surface area contributed by atoms with Gasteiger partial charge in [0.1, 0.15) is 0 Å². The maximum absolute atomic E-state index is 12.3. The van der Waals surface area contributed by atoms with Crippen LogP contribution < -0.4 is 18.9 Å². The van der Waals surface area contributed by atoms with Crippen molar-refractivity contribution in [2.45, 2.75) is 6.18 Å². The zero-order chi connectivity index (χ0) is 13.0. The average molecular weight is 270 g/mol. The summed E-state index contributed by atoms with van der Waals surface area (Å²) < 4.78 is 66.7. The van der Waals surface area contributed by atoms with Gasteiger partial charge in [-0.25, -0.2) is 8.96 Å².